The van der Waals surface area contributed by atoms with E-state index in [-0.39, 0.29) is 23.8 Å². The van der Waals surface area contributed by atoms with Gasteiger partial charge in [-0.25, -0.2) is 4.98 Å². The molecule has 3 aromatic rings. The molecule has 0 spiro atoms. The molecule has 1 amide bonds. The number of amides is 1. The fraction of sp³-hybridized carbons (Fsp3) is 0.286. The van der Waals surface area contributed by atoms with E-state index >= 15 is 0 Å². The third-order valence-corrected chi connectivity index (χ3v) is 4.58. The maximum absolute atomic E-state index is 12.8. The summed E-state index contributed by atoms with van der Waals surface area (Å²) in [5, 5.41) is 6.99. The number of carbonyl (C=O) groups is 2. The molecule has 0 aliphatic carbocycles. The number of carbonyl (C=O) groups excluding carboxylic acids is 2. The van der Waals surface area contributed by atoms with Crippen LogP contribution in [0.5, 0.6) is 5.88 Å². The van der Waals surface area contributed by atoms with Gasteiger partial charge < -0.3 is 14.8 Å². The molecule has 0 radical (unpaired) electrons. The molecule has 9 heteroatoms. The minimum absolute atomic E-state index is 0.155. The topological polar surface area (TPSA) is 108 Å². The predicted octanol–water partition coefficient (Wildman–Crippen LogP) is 2.50. The zero-order valence-corrected chi connectivity index (χ0v) is 16.5. The van der Waals surface area contributed by atoms with Crippen LogP contribution in [0.25, 0.3) is 11.1 Å². The summed E-state index contributed by atoms with van der Waals surface area (Å²) in [5.74, 6) is -0.0680. The van der Waals surface area contributed by atoms with Crippen molar-refractivity contribution < 1.29 is 19.1 Å². The van der Waals surface area contributed by atoms with Crippen molar-refractivity contribution in [2.24, 2.45) is 7.05 Å². The first-order valence-corrected chi connectivity index (χ1v) is 9.60. The molecule has 0 aromatic carbocycles. The lowest BCUT2D eigenvalue weighted by Crippen LogP contribution is -2.15. The lowest BCUT2D eigenvalue weighted by atomic mass is 10.1. The Hall–Kier alpha value is -3.59. The summed E-state index contributed by atoms with van der Waals surface area (Å²) < 4.78 is 12.7. The van der Waals surface area contributed by atoms with Gasteiger partial charge in [-0.2, -0.15) is 5.10 Å². The highest BCUT2D eigenvalue weighted by Crippen LogP contribution is 2.23. The number of ketones is 1. The largest absolute Gasteiger partial charge is 0.475 e. The molecule has 9 nitrogen and oxygen atoms in total. The molecule has 4 bridgehead atoms. The van der Waals surface area contributed by atoms with E-state index in [4.69, 9.17) is 9.47 Å². The maximum Gasteiger partial charge on any atom is 0.257 e. The Morgan fingerprint density at radius 3 is 2.83 bits per heavy atom. The molecule has 4 heterocycles. The predicted molar refractivity (Wildman–Crippen MR) is 109 cm³/mol. The van der Waals surface area contributed by atoms with E-state index in [1.807, 2.05) is 6.07 Å². The van der Waals surface area contributed by atoms with E-state index in [2.05, 4.69) is 20.4 Å². The molecule has 0 atom stereocenters. The molecular weight excluding hydrogens is 386 g/mol. The van der Waals surface area contributed by atoms with Gasteiger partial charge in [-0.05, 0) is 24.1 Å². The number of hydrogen-bond acceptors (Lipinski definition) is 7. The SMILES string of the molecule is Cn1cc2c(n1)C(=O)CCCOCCOc1cc(ccn1)-c1cncc(c1)C(=O)N2. The van der Waals surface area contributed by atoms with Gasteiger partial charge in [0.1, 0.15) is 6.61 Å². The van der Waals surface area contributed by atoms with Crippen molar-refractivity contribution >= 4 is 17.4 Å². The average molecular weight is 407 g/mol. The molecule has 0 saturated heterocycles. The standard InChI is InChI=1S/C21H21N5O4/c1-26-13-17-20(25-26)18(27)3-2-6-29-7-8-30-19-10-14(4-5-23-19)15-9-16(12-22-11-15)21(28)24-17/h4-5,9-13H,2-3,6-8H2,1H3,(H,24,28). The fourth-order valence-electron chi connectivity index (χ4n) is 3.13. The molecule has 0 saturated carbocycles. The van der Waals surface area contributed by atoms with E-state index in [0.29, 0.717) is 43.4 Å². The van der Waals surface area contributed by atoms with Gasteiger partial charge in [0.15, 0.2) is 11.5 Å². The summed E-state index contributed by atoms with van der Waals surface area (Å²) in [7, 11) is 1.70. The van der Waals surface area contributed by atoms with Crippen molar-refractivity contribution in [1.82, 2.24) is 19.7 Å². The molecule has 30 heavy (non-hydrogen) atoms. The van der Waals surface area contributed by atoms with Gasteiger partial charge in [0, 0.05) is 56.5 Å². The number of pyridine rings is 2. The Bertz CT molecular complexity index is 1080. The van der Waals surface area contributed by atoms with Crippen LogP contribution in [-0.2, 0) is 11.8 Å². The number of aryl methyl sites for hydroxylation is 1. The zero-order valence-electron chi connectivity index (χ0n) is 16.5. The molecule has 1 aliphatic rings. The van der Waals surface area contributed by atoms with Crippen LogP contribution in [0.1, 0.15) is 33.7 Å². The van der Waals surface area contributed by atoms with Crippen LogP contribution < -0.4 is 10.1 Å². The van der Waals surface area contributed by atoms with E-state index in [1.54, 1.807) is 37.8 Å². The number of rotatable bonds is 0. The normalized spacial score (nSPS) is 15.4. The Morgan fingerprint density at radius 1 is 1.07 bits per heavy atom. The van der Waals surface area contributed by atoms with Gasteiger partial charge in [-0.3, -0.25) is 19.3 Å². The molecule has 0 fully saturated rings. The monoisotopic (exact) mass is 407 g/mol. The minimum Gasteiger partial charge on any atom is -0.475 e. The average Bonchev–Trinajstić information content (AvgIpc) is 3.12. The molecule has 0 unspecified atom stereocenters. The van der Waals surface area contributed by atoms with Crippen LogP contribution in [-0.4, -0.2) is 51.3 Å². The first-order valence-electron chi connectivity index (χ1n) is 9.60. The van der Waals surface area contributed by atoms with Crippen LogP contribution in [0, 0.1) is 0 Å². The quantitative estimate of drug-likeness (QED) is 0.610. The summed E-state index contributed by atoms with van der Waals surface area (Å²) in [6.07, 6.45) is 7.21. The van der Waals surface area contributed by atoms with E-state index in [1.165, 1.54) is 10.9 Å². The minimum atomic E-state index is -0.374. The third-order valence-electron chi connectivity index (χ3n) is 4.58. The Labute approximate surface area is 173 Å². The molecule has 1 aliphatic heterocycles. The number of Topliss-reactive ketones (excluding diaryl/α,β-unsaturated/α-hetero) is 1. The van der Waals surface area contributed by atoms with Crippen LogP contribution >= 0.6 is 0 Å². The van der Waals surface area contributed by atoms with Crippen LogP contribution in [0.3, 0.4) is 0 Å². The third kappa shape index (κ3) is 4.52. The number of nitrogens with zero attached hydrogens (tertiary/aromatic N) is 4. The second-order valence-corrected chi connectivity index (χ2v) is 6.85. The highest BCUT2D eigenvalue weighted by Gasteiger charge is 2.19. The fourth-order valence-corrected chi connectivity index (χ4v) is 3.13. The number of fused-ring (bicyclic) bond motifs is 6. The van der Waals surface area contributed by atoms with Gasteiger partial charge in [0.2, 0.25) is 5.88 Å². The van der Waals surface area contributed by atoms with Gasteiger partial charge in [-0.1, -0.05) is 0 Å². The second kappa shape index (κ2) is 8.83. The molecule has 4 rings (SSSR count). The van der Waals surface area contributed by atoms with Crippen molar-refractivity contribution in [3.05, 3.63) is 54.2 Å². The number of anilines is 1. The molecule has 154 valence electrons. The van der Waals surface area contributed by atoms with Gasteiger partial charge in [0.25, 0.3) is 5.91 Å². The van der Waals surface area contributed by atoms with Crippen molar-refractivity contribution in [2.75, 3.05) is 25.1 Å². The van der Waals surface area contributed by atoms with Gasteiger partial charge in [-0.15, -0.1) is 0 Å². The Morgan fingerprint density at radius 2 is 1.93 bits per heavy atom. The van der Waals surface area contributed by atoms with Gasteiger partial charge in [0.05, 0.1) is 17.9 Å². The van der Waals surface area contributed by atoms with Crippen molar-refractivity contribution in [3.8, 4) is 17.0 Å². The van der Waals surface area contributed by atoms with Crippen LogP contribution in [0.4, 0.5) is 5.69 Å². The highest BCUT2D eigenvalue weighted by molar-refractivity contribution is 6.08. The summed E-state index contributed by atoms with van der Waals surface area (Å²) in [4.78, 5) is 33.8. The van der Waals surface area contributed by atoms with Crippen molar-refractivity contribution in [3.63, 3.8) is 0 Å². The smallest absolute Gasteiger partial charge is 0.257 e. The van der Waals surface area contributed by atoms with Crippen molar-refractivity contribution in [1.29, 1.82) is 0 Å². The van der Waals surface area contributed by atoms with E-state index in [9.17, 15) is 9.59 Å². The van der Waals surface area contributed by atoms with Crippen LogP contribution in [0.15, 0.2) is 43.0 Å². The first-order chi connectivity index (χ1) is 14.6. The Balaban J connectivity index is 1.68. The zero-order chi connectivity index (χ0) is 20.9. The summed E-state index contributed by atoms with van der Waals surface area (Å²) in [5.41, 5.74) is 2.54. The molecule has 1 N–H and O–H groups in total. The lowest BCUT2D eigenvalue weighted by Gasteiger charge is -2.10. The van der Waals surface area contributed by atoms with Crippen LogP contribution in [0.2, 0.25) is 0 Å². The number of nitrogens with one attached hydrogen (secondary N) is 1. The van der Waals surface area contributed by atoms with E-state index < -0.39 is 0 Å². The Kier molecular flexibility index (Phi) is 5.80. The highest BCUT2D eigenvalue weighted by atomic mass is 16.5. The molecular formula is C21H21N5O4. The summed E-state index contributed by atoms with van der Waals surface area (Å²) in [6.45, 7) is 1.16. The number of ether oxygens (including phenoxy) is 2. The second-order valence-electron chi connectivity index (χ2n) is 6.85. The number of hydrogen-bond donors (Lipinski definition) is 1. The summed E-state index contributed by atoms with van der Waals surface area (Å²) in [6, 6.07) is 5.34. The summed E-state index contributed by atoms with van der Waals surface area (Å²) >= 11 is 0. The number of aromatic nitrogens is 4. The lowest BCUT2D eigenvalue weighted by molar-refractivity contribution is 0.0862. The molecule has 3 aromatic heterocycles. The van der Waals surface area contributed by atoms with Crippen molar-refractivity contribution in [2.45, 2.75) is 12.8 Å². The van der Waals surface area contributed by atoms with Gasteiger partial charge >= 0.3 is 0 Å². The maximum atomic E-state index is 12.8. The first kappa shape index (κ1) is 19.7. The van der Waals surface area contributed by atoms with E-state index in [0.717, 1.165) is 11.1 Å².